The summed E-state index contributed by atoms with van der Waals surface area (Å²) in [5, 5.41) is 2.75. The smallest absolute Gasteiger partial charge is 0.245 e. The summed E-state index contributed by atoms with van der Waals surface area (Å²) in [7, 11) is 0. The van der Waals surface area contributed by atoms with Gasteiger partial charge in [0.05, 0.1) is 5.54 Å². The quantitative estimate of drug-likeness (QED) is 0.870. The molecule has 96 valence electrons. The van der Waals surface area contributed by atoms with Crippen LogP contribution >= 0.6 is 24.8 Å². The van der Waals surface area contributed by atoms with Gasteiger partial charge in [0.15, 0.2) is 0 Å². The number of carbonyl (C=O) groups is 1. The van der Waals surface area contributed by atoms with Gasteiger partial charge in [0.2, 0.25) is 5.91 Å². The van der Waals surface area contributed by atoms with E-state index in [0.717, 1.165) is 25.7 Å². The number of rotatable bonds is 2. The van der Waals surface area contributed by atoms with Crippen LogP contribution in [0, 0.1) is 0 Å². The number of hydrogen-bond acceptors (Lipinski definition) is 3. The van der Waals surface area contributed by atoms with Crippen LogP contribution in [0.15, 0.2) is 24.4 Å². The van der Waals surface area contributed by atoms with Gasteiger partial charge in [-0.1, -0.05) is 18.9 Å². The molecule has 4 nitrogen and oxygen atoms in total. The summed E-state index contributed by atoms with van der Waals surface area (Å²) in [6.07, 6.45) is 5.25. The molecule has 1 aromatic rings. The van der Waals surface area contributed by atoms with Crippen LogP contribution in [0.2, 0.25) is 0 Å². The number of nitrogens with two attached hydrogens (primary N) is 1. The summed E-state index contributed by atoms with van der Waals surface area (Å²) in [6, 6.07) is 5.40. The summed E-state index contributed by atoms with van der Waals surface area (Å²) in [6.45, 7) is 0. The molecule has 0 radical (unpaired) electrons. The van der Waals surface area contributed by atoms with Crippen LogP contribution in [-0.4, -0.2) is 16.4 Å². The lowest BCUT2D eigenvalue weighted by Crippen LogP contribution is -2.48. The van der Waals surface area contributed by atoms with Crippen LogP contribution in [0.25, 0.3) is 0 Å². The Morgan fingerprint density at radius 3 is 2.47 bits per heavy atom. The molecule has 1 saturated carbocycles. The number of aromatic nitrogens is 1. The Kier molecular flexibility index (Phi) is 6.45. The number of nitrogens with zero attached hydrogens (tertiary/aromatic N) is 1. The number of halogens is 2. The van der Waals surface area contributed by atoms with Crippen molar-refractivity contribution in [2.45, 2.75) is 31.2 Å². The van der Waals surface area contributed by atoms with Crippen molar-refractivity contribution in [1.29, 1.82) is 0 Å². The number of anilines is 1. The average Bonchev–Trinajstić information content (AvgIpc) is 2.68. The Morgan fingerprint density at radius 1 is 1.29 bits per heavy atom. The van der Waals surface area contributed by atoms with Crippen molar-refractivity contribution in [3.8, 4) is 0 Å². The summed E-state index contributed by atoms with van der Waals surface area (Å²) < 4.78 is 0. The second kappa shape index (κ2) is 6.79. The Labute approximate surface area is 113 Å². The lowest BCUT2D eigenvalue weighted by atomic mass is 9.98. The van der Waals surface area contributed by atoms with Crippen molar-refractivity contribution in [1.82, 2.24) is 4.98 Å². The Bertz CT molecular complexity index is 353. The topological polar surface area (TPSA) is 68.0 Å². The minimum absolute atomic E-state index is 0. The summed E-state index contributed by atoms with van der Waals surface area (Å²) in [5.41, 5.74) is 5.33. The van der Waals surface area contributed by atoms with Gasteiger partial charge >= 0.3 is 0 Å². The first kappa shape index (κ1) is 16.2. The van der Waals surface area contributed by atoms with Gasteiger partial charge in [-0.05, 0) is 25.0 Å². The predicted octanol–water partition coefficient (Wildman–Crippen LogP) is 2.14. The van der Waals surface area contributed by atoms with E-state index in [9.17, 15) is 4.79 Å². The van der Waals surface area contributed by atoms with Gasteiger partial charge in [-0.15, -0.1) is 24.8 Å². The fraction of sp³-hybridized carbons (Fsp3) is 0.455. The van der Waals surface area contributed by atoms with E-state index >= 15 is 0 Å². The third kappa shape index (κ3) is 3.84. The SMILES string of the molecule is Cl.Cl.NC1(C(=O)Nc2ccccn2)CCCC1. The van der Waals surface area contributed by atoms with Gasteiger partial charge in [0.25, 0.3) is 0 Å². The molecule has 6 heteroatoms. The molecule has 0 atom stereocenters. The zero-order valence-corrected chi connectivity index (χ0v) is 11.0. The number of hydrogen-bond donors (Lipinski definition) is 2. The summed E-state index contributed by atoms with van der Waals surface area (Å²) in [4.78, 5) is 15.9. The highest BCUT2D eigenvalue weighted by molar-refractivity contribution is 5.97. The maximum atomic E-state index is 11.9. The number of pyridine rings is 1. The molecule has 0 spiro atoms. The van der Waals surface area contributed by atoms with Crippen LogP contribution in [0.3, 0.4) is 0 Å². The zero-order valence-electron chi connectivity index (χ0n) is 9.39. The highest BCUT2D eigenvalue weighted by Crippen LogP contribution is 2.28. The van der Waals surface area contributed by atoms with Gasteiger partial charge < -0.3 is 11.1 Å². The lowest BCUT2D eigenvalue weighted by Gasteiger charge is -2.21. The van der Waals surface area contributed by atoms with E-state index in [1.165, 1.54) is 0 Å². The molecule has 0 bridgehead atoms. The minimum Gasteiger partial charge on any atom is -0.317 e. The molecule has 1 aliphatic rings. The zero-order chi connectivity index (χ0) is 10.7. The first-order valence-electron chi connectivity index (χ1n) is 5.22. The van der Waals surface area contributed by atoms with Crippen LogP contribution in [-0.2, 0) is 4.79 Å². The molecule has 0 aromatic carbocycles. The first-order chi connectivity index (χ1) is 7.21. The van der Waals surface area contributed by atoms with E-state index in [2.05, 4.69) is 10.3 Å². The second-order valence-electron chi connectivity index (χ2n) is 4.03. The lowest BCUT2D eigenvalue weighted by molar-refractivity contribution is -0.121. The second-order valence-corrected chi connectivity index (χ2v) is 4.03. The molecule has 2 rings (SSSR count). The predicted molar refractivity (Wildman–Crippen MR) is 72.7 cm³/mol. The molecule has 17 heavy (non-hydrogen) atoms. The molecule has 0 saturated heterocycles. The molecule has 1 aliphatic carbocycles. The van der Waals surface area contributed by atoms with E-state index < -0.39 is 5.54 Å². The fourth-order valence-corrected chi connectivity index (χ4v) is 1.91. The van der Waals surface area contributed by atoms with Crippen molar-refractivity contribution in [3.05, 3.63) is 24.4 Å². The van der Waals surface area contributed by atoms with Crippen molar-refractivity contribution in [2.75, 3.05) is 5.32 Å². The van der Waals surface area contributed by atoms with Gasteiger partial charge in [-0.3, -0.25) is 4.79 Å². The highest BCUT2D eigenvalue weighted by atomic mass is 35.5. The molecule has 1 heterocycles. The maximum Gasteiger partial charge on any atom is 0.245 e. The van der Waals surface area contributed by atoms with E-state index in [1.54, 1.807) is 12.3 Å². The normalized spacial score (nSPS) is 16.5. The van der Waals surface area contributed by atoms with Crippen LogP contribution < -0.4 is 11.1 Å². The Hall–Kier alpha value is -0.840. The molecule has 1 fully saturated rings. The van der Waals surface area contributed by atoms with Crippen molar-refractivity contribution < 1.29 is 4.79 Å². The Balaban J connectivity index is 0.00000128. The van der Waals surface area contributed by atoms with Crippen LogP contribution in [0.1, 0.15) is 25.7 Å². The molecule has 1 aromatic heterocycles. The monoisotopic (exact) mass is 277 g/mol. The molecule has 0 aliphatic heterocycles. The first-order valence-corrected chi connectivity index (χ1v) is 5.22. The third-order valence-corrected chi connectivity index (χ3v) is 2.85. The summed E-state index contributed by atoms with van der Waals surface area (Å²) >= 11 is 0. The van der Waals surface area contributed by atoms with E-state index in [4.69, 9.17) is 5.73 Å². The largest absolute Gasteiger partial charge is 0.317 e. The average molecular weight is 278 g/mol. The van der Waals surface area contributed by atoms with E-state index in [1.807, 2.05) is 12.1 Å². The fourth-order valence-electron chi connectivity index (χ4n) is 1.91. The molecular formula is C11H17Cl2N3O. The van der Waals surface area contributed by atoms with Crippen molar-refractivity contribution >= 4 is 36.5 Å². The molecule has 0 unspecified atom stereocenters. The minimum atomic E-state index is -0.683. The standard InChI is InChI=1S/C11H15N3O.2ClH/c12-11(6-2-3-7-11)10(15)14-9-5-1-4-8-13-9;;/h1,4-5,8H,2-3,6-7,12H2,(H,13,14,15);2*1H. The van der Waals surface area contributed by atoms with Crippen molar-refractivity contribution in [2.24, 2.45) is 5.73 Å². The third-order valence-electron chi connectivity index (χ3n) is 2.85. The van der Waals surface area contributed by atoms with E-state index in [0.29, 0.717) is 5.82 Å². The van der Waals surface area contributed by atoms with Gasteiger partial charge in [0.1, 0.15) is 5.82 Å². The van der Waals surface area contributed by atoms with Gasteiger partial charge in [-0.25, -0.2) is 4.98 Å². The van der Waals surface area contributed by atoms with E-state index in [-0.39, 0.29) is 30.7 Å². The van der Waals surface area contributed by atoms with Gasteiger partial charge in [0, 0.05) is 6.20 Å². The van der Waals surface area contributed by atoms with Crippen molar-refractivity contribution in [3.63, 3.8) is 0 Å². The number of nitrogens with one attached hydrogen (secondary N) is 1. The van der Waals surface area contributed by atoms with Crippen LogP contribution in [0.5, 0.6) is 0 Å². The van der Waals surface area contributed by atoms with Crippen LogP contribution in [0.4, 0.5) is 5.82 Å². The number of amides is 1. The molecule has 3 N–H and O–H groups in total. The molecule has 1 amide bonds. The Morgan fingerprint density at radius 2 is 1.94 bits per heavy atom. The summed E-state index contributed by atoms with van der Waals surface area (Å²) in [5.74, 6) is 0.456. The maximum absolute atomic E-state index is 11.9. The number of carbonyl (C=O) groups excluding carboxylic acids is 1. The van der Waals surface area contributed by atoms with Gasteiger partial charge in [-0.2, -0.15) is 0 Å². The molecular weight excluding hydrogens is 261 g/mol. The highest BCUT2D eigenvalue weighted by Gasteiger charge is 2.37.